The molecule has 0 radical (unpaired) electrons. The number of nitrogens with zero attached hydrogens (tertiary/aromatic N) is 2. The van der Waals surface area contributed by atoms with Crippen LogP contribution in [0, 0.1) is 12.3 Å². The molecule has 0 aliphatic rings. The van der Waals surface area contributed by atoms with Crippen molar-refractivity contribution >= 4 is 52.7 Å². The number of amides is 3. The summed E-state index contributed by atoms with van der Waals surface area (Å²) in [7, 11) is -3.33. The van der Waals surface area contributed by atoms with E-state index in [0.29, 0.717) is 27.1 Å². The van der Waals surface area contributed by atoms with E-state index in [-0.39, 0.29) is 17.8 Å². The van der Waals surface area contributed by atoms with E-state index in [2.05, 4.69) is 25.9 Å². The van der Waals surface area contributed by atoms with E-state index in [4.69, 9.17) is 5.14 Å². The molecule has 0 aliphatic carbocycles. The molecule has 0 saturated carbocycles. The molecule has 0 spiro atoms. The number of allylic oxidation sites excluding steroid dienone is 1. The van der Waals surface area contributed by atoms with Crippen LogP contribution in [0.1, 0.15) is 77.4 Å². The highest BCUT2D eigenvalue weighted by molar-refractivity contribution is 7.92. The smallest absolute Gasteiger partial charge is 0.295 e. The second kappa shape index (κ2) is 11.9. The summed E-state index contributed by atoms with van der Waals surface area (Å²) in [6.45, 7) is 19.6. The summed E-state index contributed by atoms with van der Waals surface area (Å²) in [6.07, 6.45) is 0.583. The van der Waals surface area contributed by atoms with E-state index in [9.17, 15) is 23.4 Å². The summed E-state index contributed by atoms with van der Waals surface area (Å²) in [5.74, 6) is 1.11. The molecular formula is C30H37N3O5S+2. The van der Waals surface area contributed by atoms with Crippen molar-refractivity contribution in [2.75, 3.05) is 0 Å². The van der Waals surface area contributed by atoms with Crippen molar-refractivity contribution in [3.05, 3.63) is 82.4 Å². The van der Waals surface area contributed by atoms with Gasteiger partial charge in [0.1, 0.15) is 12.1 Å². The predicted molar refractivity (Wildman–Crippen MR) is 156 cm³/mol. The normalized spacial score (nSPS) is 14.8. The van der Waals surface area contributed by atoms with Gasteiger partial charge in [0.05, 0.1) is 12.5 Å². The zero-order valence-corrected chi connectivity index (χ0v) is 24.1. The number of ketones is 1. The van der Waals surface area contributed by atoms with Crippen LogP contribution in [0.15, 0.2) is 54.6 Å². The molecule has 0 heterocycles. The maximum Gasteiger partial charge on any atom is 0.434 e. The SMILES string of the molecule is C=C(Cc1ccc(C)cc1C(C)=O)CC(C)(C(=O)[N+](=C)C(C)=O)C(C)c1ccc(C(=O)[N+](=C)S(=C)(N)=O)cc1. The van der Waals surface area contributed by atoms with Gasteiger partial charge in [0, 0.05) is 17.4 Å². The van der Waals surface area contributed by atoms with Crippen LogP contribution in [0.4, 0.5) is 0 Å². The Kier molecular flexibility index (Phi) is 9.60. The molecule has 3 atom stereocenters. The molecule has 3 amide bonds. The van der Waals surface area contributed by atoms with Crippen molar-refractivity contribution in [2.24, 2.45) is 10.6 Å². The summed E-state index contributed by atoms with van der Waals surface area (Å²) in [5, 5.41) is 5.43. The van der Waals surface area contributed by atoms with Crippen LogP contribution < -0.4 is 5.14 Å². The van der Waals surface area contributed by atoms with E-state index in [0.717, 1.165) is 15.7 Å². The Morgan fingerprint density at radius 2 is 1.62 bits per heavy atom. The van der Waals surface area contributed by atoms with Crippen molar-refractivity contribution in [1.29, 1.82) is 0 Å². The number of aryl methyl sites for hydroxylation is 1. The number of hydrogen-bond acceptors (Lipinski definition) is 5. The highest BCUT2D eigenvalue weighted by atomic mass is 32.2. The highest BCUT2D eigenvalue weighted by Gasteiger charge is 2.47. The van der Waals surface area contributed by atoms with Gasteiger partial charge in [0.2, 0.25) is 9.89 Å². The maximum absolute atomic E-state index is 13.6. The van der Waals surface area contributed by atoms with E-state index in [1.54, 1.807) is 19.1 Å². The monoisotopic (exact) mass is 551 g/mol. The maximum atomic E-state index is 13.6. The van der Waals surface area contributed by atoms with Crippen molar-refractivity contribution in [3.8, 4) is 0 Å². The molecule has 0 fully saturated rings. The van der Waals surface area contributed by atoms with Crippen LogP contribution >= 0.6 is 0 Å². The molecule has 0 aromatic heterocycles. The molecule has 2 N–H and O–H groups in total. The molecule has 2 rings (SSSR count). The van der Waals surface area contributed by atoms with Gasteiger partial charge in [0.25, 0.3) is 0 Å². The quantitative estimate of drug-likeness (QED) is 0.159. The Labute approximate surface area is 230 Å². The Balaban J connectivity index is 2.46. The number of rotatable bonds is 10. The molecule has 2 aromatic carbocycles. The van der Waals surface area contributed by atoms with Crippen LogP contribution in [-0.4, -0.2) is 55.6 Å². The van der Waals surface area contributed by atoms with Crippen molar-refractivity contribution in [2.45, 2.75) is 53.4 Å². The van der Waals surface area contributed by atoms with Crippen molar-refractivity contribution < 1.29 is 31.9 Å². The highest BCUT2D eigenvalue weighted by Crippen LogP contribution is 2.42. The fourth-order valence-corrected chi connectivity index (χ4v) is 4.84. The minimum Gasteiger partial charge on any atom is -0.295 e. The lowest BCUT2D eigenvalue weighted by molar-refractivity contribution is -0.384. The first-order valence-electron chi connectivity index (χ1n) is 12.2. The lowest BCUT2D eigenvalue weighted by atomic mass is 9.69. The van der Waals surface area contributed by atoms with Gasteiger partial charge in [-0.25, -0.2) is 19.5 Å². The Bertz CT molecular complexity index is 1500. The summed E-state index contributed by atoms with van der Waals surface area (Å²) < 4.78 is 13.4. The molecule has 0 aliphatic heterocycles. The van der Waals surface area contributed by atoms with Gasteiger partial charge in [-0.3, -0.25) is 4.79 Å². The van der Waals surface area contributed by atoms with E-state index < -0.39 is 38.9 Å². The lowest BCUT2D eigenvalue weighted by Gasteiger charge is -2.32. The summed E-state index contributed by atoms with van der Waals surface area (Å²) in [4.78, 5) is 50.5. The molecule has 0 saturated heterocycles. The second-order valence-electron chi connectivity index (χ2n) is 10.2. The Morgan fingerprint density at radius 1 is 1.05 bits per heavy atom. The minimum atomic E-state index is -3.33. The molecule has 8 nitrogen and oxygen atoms in total. The number of carbonyl (C=O) groups is 4. The summed E-state index contributed by atoms with van der Waals surface area (Å²) in [5.41, 5.74) is 2.83. The predicted octanol–water partition coefficient (Wildman–Crippen LogP) is 3.64. The van der Waals surface area contributed by atoms with Gasteiger partial charge in [-0.2, -0.15) is 4.21 Å². The largest absolute Gasteiger partial charge is 0.434 e. The van der Waals surface area contributed by atoms with Gasteiger partial charge in [0.15, 0.2) is 12.5 Å². The fraction of sp³-hybridized carbons (Fsp3) is 0.300. The van der Waals surface area contributed by atoms with Gasteiger partial charge in [-0.05, 0) is 62.9 Å². The van der Waals surface area contributed by atoms with Crippen LogP contribution in [-0.2, 0) is 25.9 Å². The number of benzene rings is 2. The summed E-state index contributed by atoms with van der Waals surface area (Å²) in [6, 6.07) is 12.0. The Morgan fingerprint density at radius 3 is 2.10 bits per heavy atom. The number of nitrogens with two attached hydrogens (primary N) is 1. The van der Waals surface area contributed by atoms with E-state index >= 15 is 0 Å². The first-order chi connectivity index (χ1) is 17.9. The third-order valence-corrected chi connectivity index (χ3v) is 7.94. The fourth-order valence-electron chi connectivity index (χ4n) is 4.46. The van der Waals surface area contributed by atoms with Crippen LogP contribution in [0.3, 0.4) is 0 Å². The topological polar surface area (TPSA) is 117 Å². The average molecular weight is 552 g/mol. The van der Waals surface area contributed by atoms with E-state index in [1.165, 1.54) is 26.0 Å². The van der Waals surface area contributed by atoms with Crippen molar-refractivity contribution in [3.63, 3.8) is 0 Å². The third kappa shape index (κ3) is 7.19. The summed E-state index contributed by atoms with van der Waals surface area (Å²) >= 11 is 0. The molecule has 3 unspecified atom stereocenters. The molecule has 2 aromatic rings. The standard InChI is InChI=1S/C30H37N3O5S/c1-19-10-11-26(27(17-19)22(4)34)16-20(2)18-30(6,29(37)32(7)23(5)35)21(3)24-12-14-25(15-13-24)28(36)33(8)39(9,31)38/h10-15,17,21H,2,7-9,16,18H2,1,3-6H3,(H2,31,38)/q+2. The van der Waals surface area contributed by atoms with Gasteiger partial charge >= 0.3 is 17.7 Å². The number of carbonyl (C=O) groups excluding carboxylic acids is 4. The van der Waals surface area contributed by atoms with Crippen LogP contribution in [0.5, 0.6) is 0 Å². The average Bonchev–Trinajstić information content (AvgIpc) is 2.86. The lowest BCUT2D eigenvalue weighted by Crippen LogP contribution is -2.42. The first kappa shape index (κ1) is 31.4. The van der Waals surface area contributed by atoms with Gasteiger partial charge < -0.3 is 0 Å². The Hall–Kier alpha value is -3.82. The second-order valence-corrected chi connectivity index (χ2v) is 12.0. The zero-order chi connectivity index (χ0) is 29.9. The molecular weight excluding hydrogens is 514 g/mol. The number of Topliss-reactive ketones (excluding diaryl/α,β-unsaturated/α-hetero) is 1. The molecule has 39 heavy (non-hydrogen) atoms. The minimum absolute atomic E-state index is 0.0611. The van der Waals surface area contributed by atoms with Gasteiger partial charge in [-0.15, -0.1) is 4.58 Å². The zero-order valence-electron chi connectivity index (χ0n) is 23.3. The van der Waals surface area contributed by atoms with E-state index in [1.807, 2.05) is 32.0 Å². The van der Waals surface area contributed by atoms with Crippen molar-refractivity contribution in [1.82, 2.24) is 0 Å². The van der Waals surface area contributed by atoms with Crippen LogP contribution in [0.2, 0.25) is 0 Å². The van der Waals surface area contributed by atoms with Gasteiger partial charge in [-0.1, -0.05) is 52.9 Å². The van der Waals surface area contributed by atoms with Crippen LogP contribution in [0.25, 0.3) is 0 Å². The molecule has 206 valence electrons. The number of imide groups is 1. The number of hydrogen-bond donors (Lipinski definition) is 1. The first-order valence-corrected chi connectivity index (χ1v) is 14.0. The third-order valence-electron chi connectivity index (χ3n) is 7.03. The molecule has 0 bridgehead atoms. The molecule has 9 heteroatoms.